The fourth-order valence-electron chi connectivity index (χ4n) is 3.52. The molecule has 2 heterocycles. The van der Waals surface area contributed by atoms with Crippen LogP contribution in [0.4, 0.5) is 0 Å². The maximum atomic E-state index is 6.35. The Hall–Kier alpha value is -0.120. The summed E-state index contributed by atoms with van der Waals surface area (Å²) in [5, 5.41) is 0. The van der Waals surface area contributed by atoms with Crippen LogP contribution in [0.25, 0.3) is 0 Å². The molecule has 3 heteroatoms. The zero-order chi connectivity index (χ0) is 12.3. The fraction of sp³-hybridized carbons (Fsp3) is 1.00. The number of hydrogen-bond donors (Lipinski definition) is 1. The standard InChI is InChI=1S/C14H29N3/c1-3-7-14(2,15)12-16-10-6-13(11-16)17-8-4-5-9-17/h13H,3-12,15H2,1-2H3. The van der Waals surface area contributed by atoms with Crippen LogP contribution < -0.4 is 5.73 Å². The summed E-state index contributed by atoms with van der Waals surface area (Å²) in [5.74, 6) is 0. The van der Waals surface area contributed by atoms with Gasteiger partial charge in [0.05, 0.1) is 0 Å². The van der Waals surface area contributed by atoms with Crippen molar-refractivity contribution < 1.29 is 0 Å². The van der Waals surface area contributed by atoms with Crippen LogP contribution in [0.15, 0.2) is 0 Å². The summed E-state index contributed by atoms with van der Waals surface area (Å²) in [6.07, 6.45) is 6.48. The van der Waals surface area contributed by atoms with Crippen LogP contribution in [-0.4, -0.2) is 54.1 Å². The van der Waals surface area contributed by atoms with E-state index in [0.29, 0.717) is 0 Å². The second kappa shape index (κ2) is 5.68. The molecular formula is C14H29N3. The summed E-state index contributed by atoms with van der Waals surface area (Å²) in [6, 6.07) is 0.815. The van der Waals surface area contributed by atoms with Gasteiger partial charge in [0.1, 0.15) is 0 Å². The molecule has 17 heavy (non-hydrogen) atoms. The van der Waals surface area contributed by atoms with Gasteiger partial charge in [0.15, 0.2) is 0 Å². The number of likely N-dealkylation sites (tertiary alicyclic amines) is 2. The highest BCUT2D eigenvalue weighted by molar-refractivity contribution is 4.90. The summed E-state index contributed by atoms with van der Waals surface area (Å²) >= 11 is 0. The van der Waals surface area contributed by atoms with Crippen LogP contribution in [0.2, 0.25) is 0 Å². The first-order valence-corrected chi connectivity index (χ1v) is 7.36. The van der Waals surface area contributed by atoms with Crippen LogP contribution in [0.1, 0.15) is 46.0 Å². The first-order chi connectivity index (χ1) is 8.11. The summed E-state index contributed by atoms with van der Waals surface area (Å²) in [4.78, 5) is 5.27. The van der Waals surface area contributed by atoms with E-state index in [9.17, 15) is 0 Å². The summed E-state index contributed by atoms with van der Waals surface area (Å²) < 4.78 is 0. The van der Waals surface area contributed by atoms with Crippen LogP contribution in [0.3, 0.4) is 0 Å². The van der Waals surface area contributed by atoms with E-state index < -0.39 is 0 Å². The Morgan fingerprint density at radius 1 is 1.24 bits per heavy atom. The monoisotopic (exact) mass is 239 g/mol. The lowest BCUT2D eigenvalue weighted by atomic mass is 9.97. The molecule has 2 N–H and O–H groups in total. The highest BCUT2D eigenvalue weighted by Gasteiger charge is 2.31. The molecule has 0 aliphatic carbocycles. The van der Waals surface area contributed by atoms with Gasteiger partial charge in [-0.15, -0.1) is 0 Å². The molecule has 2 unspecified atom stereocenters. The van der Waals surface area contributed by atoms with E-state index in [2.05, 4.69) is 23.6 Å². The Morgan fingerprint density at radius 2 is 1.94 bits per heavy atom. The van der Waals surface area contributed by atoms with Gasteiger partial charge < -0.3 is 5.73 Å². The summed E-state index contributed by atoms with van der Waals surface area (Å²) in [7, 11) is 0. The molecule has 2 atom stereocenters. The molecule has 2 aliphatic heterocycles. The Kier molecular flexibility index (Phi) is 4.45. The Bertz CT molecular complexity index is 234. The normalized spacial score (nSPS) is 30.9. The molecule has 0 aromatic rings. The van der Waals surface area contributed by atoms with Crippen molar-refractivity contribution in [2.45, 2.75) is 57.5 Å². The van der Waals surface area contributed by atoms with Crippen molar-refractivity contribution in [1.29, 1.82) is 0 Å². The molecule has 2 aliphatic rings. The third-order valence-corrected chi connectivity index (χ3v) is 4.31. The number of nitrogens with zero attached hydrogens (tertiary/aromatic N) is 2. The molecule has 0 spiro atoms. The zero-order valence-electron chi connectivity index (χ0n) is 11.6. The van der Waals surface area contributed by atoms with E-state index in [4.69, 9.17) is 5.73 Å². The van der Waals surface area contributed by atoms with Gasteiger partial charge in [0.25, 0.3) is 0 Å². The molecule has 100 valence electrons. The van der Waals surface area contributed by atoms with E-state index >= 15 is 0 Å². The predicted molar refractivity (Wildman–Crippen MR) is 73.2 cm³/mol. The SMILES string of the molecule is CCCC(C)(N)CN1CCC(N2CCCC2)C1. The molecule has 0 radical (unpaired) electrons. The van der Waals surface area contributed by atoms with E-state index in [1.165, 1.54) is 51.9 Å². The van der Waals surface area contributed by atoms with Crippen LogP contribution in [-0.2, 0) is 0 Å². The molecule has 0 bridgehead atoms. The first kappa shape index (κ1) is 13.3. The lowest BCUT2D eigenvalue weighted by Gasteiger charge is -2.30. The predicted octanol–water partition coefficient (Wildman–Crippen LogP) is 1.67. The average molecular weight is 239 g/mol. The van der Waals surface area contributed by atoms with E-state index in [-0.39, 0.29) is 5.54 Å². The van der Waals surface area contributed by atoms with Gasteiger partial charge in [0, 0.05) is 24.7 Å². The van der Waals surface area contributed by atoms with Gasteiger partial charge in [-0.1, -0.05) is 13.3 Å². The summed E-state index contributed by atoms with van der Waals surface area (Å²) in [6.45, 7) is 10.7. The van der Waals surface area contributed by atoms with Gasteiger partial charge >= 0.3 is 0 Å². The largest absolute Gasteiger partial charge is 0.324 e. The van der Waals surface area contributed by atoms with Gasteiger partial charge in [-0.05, 0) is 52.2 Å². The molecule has 0 saturated carbocycles. The molecule has 0 aromatic heterocycles. The Balaban J connectivity index is 1.77. The van der Waals surface area contributed by atoms with Gasteiger partial charge in [-0.3, -0.25) is 9.80 Å². The minimum atomic E-state index is 0.00858. The van der Waals surface area contributed by atoms with Gasteiger partial charge in [0.2, 0.25) is 0 Å². The van der Waals surface area contributed by atoms with Crippen molar-refractivity contribution >= 4 is 0 Å². The van der Waals surface area contributed by atoms with Crippen molar-refractivity contribution in [2.24, 2.45) is 5.73 Å². The molecule has 3 nitrogen and oxygen atoms in total. The van der Waals surface area contributed by atoms with Crippen LogP contribution in [0, 0.1) is 0 Å². The van der Waals surface area contributed by atoms with Gasteiger partial charge in [-0.25, -0.2) is 0 Å². The Morgan fingerprint density at radius 3 is 2.59 bits per heavy atom. The number of rotatable bonds is 5. The van der Waals surface area contributed by atoms with E-state index in [1.807, 2.05) is 0 Å². The van der Waals surface area contributed by atoms with Crippen molar-refractivity contribution in [3.05, 3.63) is 0 Å². The van der Waals surface area contributed by atoms with Crippen molar-refractivity contribution in [2.75, 3.05) is 32.7 Å². The lowest BCUT2D eigenvalue weighted by molar-refractivity contribution is 0.207. The van der Waals surface area contributed by atoms with Crippen molar-refractivity contribution in [3.63, 3.8) is 0 Å². The maximum absolute atomic E-state index is 6.35. The van der Waals surface area contributed by atoms with Gasteiger partial charge in [-0.2, -0.15) is 0 Å². The van der Waals surface area contributed by atoms with Crippen molar-refractivity contribution in [3.8, 4) is 0 Å². The second-order valence-corrected chi connectivity index (χ2v) is 6.32. The van der Waals surface area contributed by atoms with Crippen LogP contribution in [0.5, 0.6) is 0 Å². The highest BCUT2D eigenvalue weighted by atomic mass is 15.3. The first-order valence-electron chi connectivity index (χ1n) is 7.36. The highest BCUT2D eigenvalue weighted by Crippen LogP contribution is 2.22. The maximum Gasteiger partial charge on any atom is 0.0254 e. The van der Waals surface area contributed by atoms with Crippen LogP contribution >= 0.6 is 0 Å². The third kappa shape index (κ3) is 3.67. The molecular weight excluding hydrogens is 210 g/mol. The van der Waals surface area contributed by atoms with E-state index in [0.717, 1.165) is 19.0 Å². The smallest absolute Gasteiger partial charge is 0.0254 e. The lowest BCUT2D eigenvalue weighted by Crippen LogP contribution is -2.48. The third-order valence-electron chi connectivity index (χ3n) is 4.31. The number of hydrogen-bond acceptors (Lipinski definition) is 3. The summed E-state index contributed by atoms with van der Waals surface area (Å²) in [5.41, 5.74) is 6.36. The topological polar surface area (TPSA) is 32.5 Å². The fourth-order valence-corrected chi connectivity index (χ4v) is 3.52. The number of nitrogens with two attached hydrogens (primary N) is 1. The minimum Gasteiger partial charge on any atom is -0.324 e. The molecule has 2 saturated heterocycles. The quantitative estimate of drug-likeness (QED) is 0.792. The molecule has 0 amide bonds. The van der Waals surface area contributed by atoms with E-state index in [1.54, 1.807) is 0 Å². The molecule has 0 aromatic carbocycles. The molecule has 2 rings (SSSR count). The zero-order valence-corrected chi connectivity index (χ0v) is 11.6. The molecule has 2 fully saturated rings. The Labute approximate surface area is 106 Å². The second-order valence-electron chi connectivity index (χ2n) is 6.32. The van der Waals surface area contributed by atoms with Crippen molar-refractivity contribution in [1.82, 2.24) is 9.80 Å². The minimum absolute atomic E-state index is 0.00858. The average Bonchev–Trinajstić information content (AvgIpc) is 2.85.